The van der Waals surface area contributed by atoms with Crippen LogP contribution in [0.5, 0.6) is 0 Å². The monoisotopic (exact) mass is 123 g/mol. The maximum atomic E-state index is 7.98. The van der Waals surface area contributed by atoms with Crippen LogP contribution in [0.1, 0.15) is 6.92 Å². The standard InChI is InChI=1S/C4H9NO.ClH/c1-4(5)2-3-6;/h2-4,6H,5H2,1H3;1H/t4-;/m0./s1. The predicted octanol–water partition coefficient (Wildman–Crippen LogP) is 0.827. The van der Waals surface area contributed by atoms with Gasteiger partial charge in [-0.1, -0.05) is 0 Å². The minimum Gasteiger partial charge on any atom is -0.516 e. The lowest BCUT2D eigenvalue weighted by Gasteiger charge is -1.87. The highest BCUT2D eigenvalue weighted by Crippen LogP contribution is 1.72. The zero-order valence-electron chi connectivity index (χ0n) is 4.16. The molecule has 0 rings (SSSR count). The second-order valence-electron chi connectivity index (χ2n) is 1.20. The third-order valence-electron chi connectivity index (χ3n) is 0.390. The Kier molecular flexibility index (Phi) is 8.21. The van der Waals surface area contributed by atoms with Crippen molar-refractivity contribution in [2.45, 2.75) is 13.0 Å². The van der Waals surface area contributed by atoms with Gasteiger partial charge in [-0.15, -0.1) is 12.4 Å². The molecule has 0 bridgehead atoms. The van der Waals surface area contributed by atoms with E-state index < -0.39 is 0 Å². The summed E-state index contributed by atoms with van der Waals surface area (Å²) >= 11 is 0. The van der Waals surface area contributed by atoms with E-state index in [0.29, 0.717) is 0 Å². The Morgan fingerprint density at radius 1 is 1.71 bits per heavy atom. The number of hydrogen-bond acceptors (Lipinski definition) is 2. The van der Waals surface area contributed by atoms with Crippen molar-refractivity contribution in [3.8, 4) is 0 Å². The average molecular weight is 124 g/mol. The smallest absolute Gasteiger partial charge is 0.0767 e. The maximum Gasteiger partial charge on any atom is 0.0767 e. The molecule has 0 aromatic carbocycles. The molecule has 0 saturated heterocycles. The van der Waals surface area contributed by atoms with Crippen molar-refractivity contribution in [2.75, 3.05) is 0 Å². The summed E-state index contributed by atoms with van der Waals surface area (Å²) in [5.74, 6) is 0. The number of halogens is 1. The summed E-state index contributed by atoms with van der Waals surface area (Å²) in [4.78, 5) is 0. The van der Waals surface area contributed by atoms with Gasteiger partial charge in [-0.3, -0.25) is 0 Å². The molecule has 0 spiro atoms. The molecule has 0 aliphatic rings. The Morgan fingerprint density at radius 3 is 2.14 bits per heavy atom. The van der Waals surface area contributed by atoms with E-state index in [1.165, 1.54) is 6.08 Å². The molecular formula is C4H10ClNO. The first-order valence-corrected chi connectivity index (χ1v) is 1.84. The lowest BCUT2D eigenvalue weighted by atomic mass is 10.4. The van der Waals surface area contributed by atoms with Crippen LogP contribution in [-0.2, 0) is 0 Å². The summed E-state index contributed by atoms with van der Waals surface area (Å²) in [5, 5.41) is 7.98. The first-order valence-electron chi connectivity index (χ1n) is 1.84. The molecule has 0 unspecified atom stereocenters. The Labute approximate surface area is 49.4 Å². The Hall–Kier alpha value is -0.210. The van der Waals surface area contributed by atoms with Gasteiger partial charge < -0.3 is 10.8 Å². The molecule has 0 aliphatic heterocycles. The van der Waals surface area contributed by atoms with E-state index in [0.717, 1.165) is 6.26 Å². The minimum atomic E-state index is -0.0324. The van der Waals surface area contributed by atoms with Gasteiger partial charge in [-0.05, 0) is 13.0 Å². The van der Waals surface area contributed by atoms with Crippen LogP contribution in [0.15, 0.2) is 12.3 Å². The van der Waals surface area contributed by atoms with Gasteiger partial charge in [0.15, 0.2) is 0 Å². The molecule has 0 aliphatic carbocycles. The van der Waals surface area contributed by atoms with E-state index in [-0.39, 0.29) is 18.4 Å². The Balaban J connectivity index is 0. The van der Waals surface area contributed by atoms with E-state index in [1.807, 2.05) is 0 Å². The molecule has 3 N–H and O–H groups in total. The highest BCUT2D eigenvalue weighted by molar-refractivity contribution is 5.85. The molecule has 0 radical (unpaired) electrons. The lowest BCUT2D eigenvalue weighted by Crippen LogP contribution is -2.09. The maximum absolute atomic E-state index is 7.98. The molecule has 2 nitrogen and oxygen atoms in total. The van der Waals surface area contributed by atoms with Gasteiger partial charge in [-0.2, -0.15) is 0 Å². The predicted molar refractivity (Wildman–Crippen MR) is 32.7 cm³/mol. The van der Waals surface area contributed by atoms with Crippen LogP contribution in [0.2, 0.25) is 0 Å². The second kappa shape index (κ2) is 5.79. The van der Waals surface area contributed by atoms with Crippen LogP contribution in [0.25, 0.3) is 0 Å². The van der Waals surface area contributed by atoms with Crippen molar-refractivity contribution >= 4 is 12.4 Å². The number of rotatable bonds is 1. The van der Waals surface area contributed by atoms with Crippen molar-refractivity contribution < 1.29 is 5.11 Å². The van der Waals surface area contributed by atoms with E-state index >= 15 is 0 Å². The van der Waals surface area contributed by atoms with E-state index in [4.69, 9.17) is 10.8 Å². The Bertz CT molecular complexity index is 53.7. The topological polar surface area (TPSA) is 46.2 Å². The van der Waals surface area contributed by atoms with Crippen LogP contribution in [-0.4, -0.2) is 11.1 Å². The largest absolute Gasteiger partial charge is 0.516 e. The molecule has 0 heterocycles. The minimum absolute atomic E-state index is 0. The van der Waals surface area contributed by atoms with Gasteiger partial charge in [0.2, 0.25) is 0 Å². The summed E-state index contributed by atoms with van der Waals surface area (Å²) in [7, 11) is 0. The molecule has 0 amide bonds. The quantitative estimate of drug-likeness (QED) is 0.508. The van der Waals surface area contributed by atoms with Crippen molar-refractivity contribution in [2.24, 2.45) is 5.73 Å². The van der Waals surface area contributed by atoms with E-state index in [1.54, 1.807) is 6.92 Å². The molecule has 0 aromatic heterocycles. The number of nitrogens with two attached hydrogens (primary N) is 1. The van der Waals surface area contributed by atoms with Crippen LogP contribution >= 0.6 is 12.4 Å². The molecule has 0 fully saturated rings. The fourth-order valence-corrected chi connectivity index (χ4v) is 0.136. The van der Waals surface area contributed by atoms with Crippen LogP contribution in [0.4, 0.5) is 0 Å². The summed E-state index contributed by atoms with van der Waals surface area (Å²) in [5.41, 5.74) is 5.16. The summed E-state index contributed by atoms with van der Waals surface area (Å²) in [6, 6.07) is -0.0324. The summed E-state index contributed by atoms with van der Waals surface area (Å²) in [6.45, 7) is 1.78. The third-order valence-corrected chi connectivity index (χ3v) is 0.390. The second-order valence-corrected chi connectivity index (χ2v) is 1.20. The summed E-state index contributed by atoms with van der Waals surface area (Å²) in [6.07, 6.45) is 2.45. The van der Waals surface area contributed by atoms with Gasteiger partial charge in [0, 0.05) is 6.04 Å². The fraction of sp³-hybridized carbons (Fsp3) is 0.500. The zero-order chi connectivity index (χ0) is 4.99. The first kappa shape index (κ1) is 9.92. The van der Waals surface area contributed by atoms with Crippen molar-refractivity contribution in [1.29, 1.82) is 0 Å². The SMILES string of the molecule is C[C@H](N)C=CO.Cl. The van der Waals surface area contributed by atoms with Crippen molar-refractivity contribution in [3.63, 3.8) is 0 Å². The van der Waals surface area contributed by atoms with Crippen LogP contribution in [0, 0.1) is 0 Å². The molecule has 0 saturated carbocycles. The average Bonchev–Trinajstić information content (AvgIpc) is 1.35. The molecule has 7 heavy (non-hydrogen) atoms. The highest BCUT2D eigenvalue weighted by Gasteiger charge is 1.77. The van der Waals surface area contributed by atoms with Gasteiger partial charge >= 0.3 is 0 Å². The normalized spacial score (nSPS) is 13.4. The van der Waals surface area contributed by atoms with Gasteiger partial charge in [-0.25, -0.2) is 0 Å². The number of aliphatic hydroxyl groups is 1. The third kappa shape index (κ3) is 10.7. The van der Waals surface area contributed by atoms with Crippen molar-refractivity contribution in [1.82, 2.24) is 0 Å². The van der Waals surface area contributed by atoms with Crippen LogP contribution in [0.3, 0.4) is 0 Å². The molecule has 0 aromatic rings. The molecule has 1 atom stereocenters. The van der Waals surface area contributed by atoms with Gasteiger partial charge in [0.1, 0.15) is 0 Å². The zero-order valence-corrected chi connectivity index (χ0v) is 4.98. The Morgan fingerprint density at radius 2 is 2.14 bits per heavy atom. The molecular weight excluding hydrogens is 114 g/mol. The number of hydrogen-bond donors (Lipinski definition) is 2. The lowest BCUT2D eigenvalue weighted by molar-refractivity contribution is 0.469. The van der Waals surface area contributed by atoms with E-state index in [9.17, 15) is 0 Å². The molecule has 44 valence electrons. The highest BCUT2D eigenvalue weighted by atomic mass is 35.5. The summed E-state index contributed by atoms with van der Waals surface area (Å²) < 4.78 is 0. The van der Waals surface area contributed by atoms with Gasteiger partial charge in [0.05, 0.1) is 6.26 Å². The van der Waals surface area contributed by atoms with Gasteiger partial charge in [0.25, 0.3) is 0 Å². The number of aliphatic hydroxyl groups excluding tert-OH is 1. The van der Waals surface area contributed by atoms with Crippen LogP contribution < -0.4 is 5.73 Å². The first-order chi connectivity index (χ1) is 2.77. The van der Waals surface area contributed by atoms with E-state index in [2.05, 4.69) is 0 Å². The van der Waals surface area contributed by atoms with Crippen molar-refractivity contribution in [3.05, 3.63) is 12.3 Å². The molecule has 3 heteroatoms. The fourth-order valence-electron chi connectivity index (χ4n) is 0.136.